The van der Waals surface area contributed by atoms with Crippen molar-refractivity contribution in [1.29, 1.82) is 5.26 Å². The van der Waals surface area contributed by atoms with Gasteiger partial charge in [0.2, 0.25) is 0 Å². The molecule has 1 atom stereocenters. The van der Waals surface area contributed by atoms with Crippen LogP contribution in [0.25, 0.3) is 0 Å². The molecule has 1 aromatic carbocycles. The molecule has 0 aromatic heterocycles. The normalized spacial score (nSPS) is 19.4. The molecule has 0 radical (unpaired) electrons. The molecule has 0 N–H and O–H groups in total. The smallest absolute Gasteiger partial charge is 0.254 e. The van der Waals surface area contributed by atoms with Gasteiger partial charge in [-0.1, -0.05) is 11.6 Å². The first-order valence-corrected chi connectivity index (χ1v) is 7.25. The van der Waals surface area contributed by atoms with Crippen molar-refractivity contribution in [3.63, 3.8) is 0 Å². The van der Waals surface area contributed by atoms with Crippen molar-refractivity contribution in [2.24, 2.45) is 0 Å². The minimum absolute atomic E-state index is 0.0976. The van der Waals surface area contributed by atoms with Crippen LogP contribution in [0.1, 0.15) is 29.6 Å². The molecule has 1 amide bonds. The van der Waals surface area contributed by atoms with Crippen LogP contribution in [0.15, 0.2) is 18.2 Å². The van der Waals surface area contributed by atoms with Crippen LogP contribution in [0.3, 0.4) is 0 Å². The van der Waals surface area contributed by atoms with E-state index in [-0.39, 0.29) is 11.9 Å². The molecule has 0 saturated carbocycles. The lowest BCUT2D eigenvalue weighted by atomic mass is 10.0. The Kier molecular flexibility index (Phi) is 4.46. The van der Waals surface area contributed by atoms with Gasteiger partial charge in [0.15, 0.2) is 0 Å². The number of halogens is 2. The molecule has 0 aliphatic carbocycles. The van der Waals surface area contributed by atoms with Gasteiger partial charge in [-0.2, -0.15) is 5.26 Å². The number of carbonyl (C=O) groups excluding carboxylic acids is 1. The molecule has 1 fully saturated rings. The predicted octanol–water partition coefficient (Wildman–Crippen LogP) is 3.46. The van der Waals surface area contributed by atoms with Crippen molar-refractivity contribution >= 4 is 40.1 Å². The second-order valence-electron chi connectivity index (χ2n) is 4.27. The Labute approximate surface area is 125 Å². The van der Waals surface area contributed by atoms with Crippen molar-refractivity contribution in [1.82, 2.24) is 4.90 Å². The van der Waals surface area contributed by atoms with E-state index in [1.165, 1.54) is 0 Å². The van der Waals surface area contributed by atoms with E-state index in [0.717, 1.165) is 22.8 Å². The van der Waals surface area contributed by atoms with Crippen LogP contribution in [0.2, 0.25) is 5.02 Å². The van der Waals surface area contributed by atoms with E-state index in [1.54, 1.807) is 17.0 Å². The maximum atomic E-state index is 12.3. The Balaban J connectivity index is 2.24. The lowest BCUT2D eigenvalue weighted by Gasteiger charge is -2.31. The van der Waals surface area contributed by atoms with Gasteiger partial charge >= 0.3 is 0 Å². The number of hydrogen-bond donors (Lipinski definition) is 0. The number of benzene rings is 1. The zero-order valence-electron chi connectivity index (χ0n) is 9.70. The first-order chi connectivity index (χ1) is 8.63. The van der Waals surface area contributed by atoms with Crippen molar-refractivity contribution < 1.29 is 4.79 Å². The molecule has 1 unspecified atom stereocenters. The molecule has 2 rings (SSSR count). The average Bonchev–Trinajstić information content (AvgIpc) is 2.41. The Morgan fingerprint density at radius 2 is 2.28 bits per heavy atom. The highest BCUT2D eigenvalue weighted by atomic mass is 127. The molecule has 0 spiro atoms. The fourth-order valence-corrected chi connectivity index (χ4v) is 2.62. The van der Waals surface area contributed by atoms with E-state index >= 15 is 0 Å². The Bertz CT molecular complexity index is 512. The molecule has 94 valence electrons. The third kappa shape index (κ3) is 2.78. The molecule has 1 saturated heterocycles. The second-order valence-corrected chi connectivity index (χ2v) is 5.84. The van der Waals surface area contributed by atoms with Crippen molar-refractivity contribution in [2.75, 3.05) is 6.54 Å². The standard InChI is InChI=1S/C13H12ClIN2O/c14-11-7-9(4-5-12(11)15)13(18)17-6-2-1-3-10(17)8-16/h4-5,7,10H,1-3,6H2. The van der Waals surface area contributed by atoms with Gasteiger partial charge in [0.1, 0.15) is 6.04 Å². The number of nitrogens with zero attached hydrogens (tertiary/aromatic N) is 2. The molecule has 1 aliphatic rings. The summed E-state index contributed by atoms with van der Waals surface area (Å²) < 4.78 is 0.918. The molecule has 1 heterocycles. The van der Waals surface area contributed by atoms with Crippen LogP contribution in [-0.4, -0.2) is 23.4 Å². The Morgan fingerprint density at radius 1 is 1.50 bits per heavy atom. The Hall–Kier alpha value is -0.800. The highest BCUT2D eigenvalue weighted by Crippen LogP contribution is 2.23. The van der Waals surface area contributed by atoms with Crippen LogP contribution in [-0.2, 0) is 0 Å². The first-order valence-electron chi connectivity index (χ1n) is 5.79. The monoisotopic (exact) mass is 374 g/mol. The molecule has 0 bridgehead atoms. The van der Waals surface area contributed by atoms with Crippen LogP contribution in [0, 0.1) is 14.9 Å². The SMILES string of the molecule is N#CC1CCCCN1C(=O)c1ccc(I)c(Cl)c1. The summed E-state index contributed by atoms with van der Waals surface area (Å²) in [4.78, 5) is 14.0. The molecular weight excluding hydrogens is 363 g/mol. The highest BCUT2D eigenvalue weighted by molar-refractivity contribution is 14.1. The topological polar surface area (TPSA) is 44.1 Å². The van der Waals surface area contributed by atoms with Gasteiger partial charge in [-0.05, 0) is 60.1 Å². The highest BCUT2D eigenvalue weighted by Gasteiger charge is 2.27. The van der Waals surface area contributed by atoms with Gasteiger partial charge < -0.3 is 4.90 Å². The summed E-state index contributed by atoms with van der Waals surface area (Å²) in [6.07, 6.45) is 2.73. The maximum Gasteiger partial charge on any atom is 0.254 e. The van der Waals surface area contributed by atoms with Crippen LogP contribution in [0.5, 0.6) is 0 Å². The number of amides is 1. The largest absolute Gasteiger partial charge is 0.323 e. The number of hydrogen-bond acceptors (Lipinski definition) is 2. The summed E-state index contributed by atoms with van der Waals surface area (Å²) in [5.74, 6) is -0.0976. The van der Waals surface area contributed by atoms with E-state index in [4.69, 9.17) is 16.9 Å². The molecule has 3 nitrogen and oxygen atoms in total. The third-order valence-corrected chi connectivity index (χ3v) is 4.65. The van der Waals surface area contributed by atoms with Gasteiger partial charge in [0, 0.05) is 15.7 Å². The minimum atomic E-state index is -0.302. The van der Waals surface area contributed by atoms with E-state index in [9.17, 15) is 4.79 Å². The number of rotatable bonds is 1. The predicted molar refractivity (Wildman–Crippen MR) is 78.5 cm³/mol. The average molecular weight is 375 g/mol. The molecule has 1 aromatic rings. The van der Waals surface area contributed by atoms with Gasteiger partial charge in [0.05, 0.1) is 11.1 Å². The van der Waals surface area contributed by atoms with Gasteiger partial charge in [-0.25, -0.2) is 0 Å². The Morgan fingerprint density at radius 3 is 2.94 bits per heavy atom. The van der Waals surface area contributed by atoms with E-state index in [2.05, 4.69) is 28.7 Å². The fraction of sp³-hybridized carbons (Fsp3) is 0.385. The van der Waals surface area contributed by atoms with E-state index in [0.29, 0.717) is 17.1 Å². The van der Waals surface area contributed by atoms with E-state index in [1.807, 2.05) is 6.07 Å². The van der Waals surface area contributed by atoms with Crippen molar-refractivity contribution in [3.05, 3.63) is 32.4 Å². The third-order valence-electron chi connectivity index (χ3n) is 3.08. The molecule has 5 heteroatoms. The zero-order chi connectivity index (χ0) is 13.1. The van der Waals surface area contributed by atoms with Gasteiger partial charge in [0.25, 0.3) is 5.91 Å². The maximum absolute atomic E-state index is 12.3. The first kappa shape index (κ1) is 13.6. The number of carbonyl (C=O) groups is 1. The minimum Gasteiger partial charge on any atom is -0.323 e. The van der Waals surface area contributed by atoms with Gasteiger partial charge in [-0.15, -0.1) is 0 Å². The van der Waals surface area contributed by atoms with Crippen LogP contribution < -0.4 is 0 Å². The molecular formula is C13H12ClIN2O. The fourth-order valence-electron chi connectivity index (χ4n) is 2.10. The van der Waals surface area contributed by atoms with Crippen molar-refractivity contribution in [3.8, 4) is 6.07 Å². The number of likely N-dealkylation sites (tertiary alicyclic amines) is 1. The summed E-state index contributed by atoms with van der Waals surface area (Å²) in [6.45, 7) is 0.653. The quantitative estimate of drug-likeness (QED) is 0.707. The summed E-state index contributed by atoms with van der Waals surface area (Å²) in [5, 5.41) is 9.66. The zero-order valence-corrected chi connectivity index (χ0v) is 12.6. The number of nitriles is 1. The molecule has 18 heavy (non-hydrogen) atoms. The van der Waals surface area contributed by atoms with Crippen LogP contribution in [0.4, 0.5) is 0 Å². The summed E-state index contributed by atoms with van der Waals surface area (Å²) in [5.41, 5.74) is 0.558. The lowest BCUT2D eigenvalue weighted by molar-refractivity contribution is 0.0670. The summed E-state index contributed by atoms with van der Waals surface area (Å²) in [6, 6.07) is 7.16. The van der Waals surface area contributed by atoms with E-state index < -0.39 is 0 Å². The summed E-state index contributed by atoms with van der Waals surface area (Å²) in [7, 11) is 0. The number of piperidine rings is 1. The van der Waals surface area contributed by atoms with Crippen LogP contribution >= 0.6 is 34.2 Å². The summed E-state index contributed by atoms with van der Waals surface area (Å²) >= 11 is 8.15. The van der Waals surface area contributed by atoms with Crippen molar-refractivity contribution in [2.45, 2.75) is 25.3 Å². The molecule has 1 aliphatic heterocycles. The second kappa shape index (κ2) is 5.89. The van der Waals surface area contributed by atoms with Gasteiger partial charge in [-0.3, -0.25) is 4.79 Å². The lowest BCUT2D eigenvalue weighted by Crippen LogP contribution is -2.42.